The first-order valence-electron chi connectivity index (χ1n) is 30.5. The number of nitrogen functional groups attached to an aromatic ring is 1. The number of hydrogen-bond donors (Lipinski definition) is 11. The molecule has 3 saturated carbocycles. The van der Waals surface area contributed by atoms with Crippen LogP contribution in [0.3, 0.4) is 0 Å². The zero-order chi connectivity index (χ0) is 68.7. The number of aromatic nitrogens is 10. The van der Waals surface area contributed by atoms with Gasteiger partial charge in [0.25, 0.3) is 34.4 Å². The second-order valence-electron chi connectivity index (χ2n) is 24.0. The molecule has 30 nitrogen and oxygen atoms in total. The van der Waals surface area contributed by atoms with Gasteiger partial charge in [0.2, 0.25) is 17.7 Å². The molecule has 15 rings (SSSR count). The molecule has 8 aromatic rings. The van der Waals surface area contributed by atoms with E-state index in [0.29, 0.717) is 57.5 Å². The highest BCUT2D eigenvalue weighted by molar-refractivity contribution is 9.10. The summed E-state index contributed by atoms with van der Waals surface area (Å²) in [6.07, 6.45) is 17.9. The van der Waals surface area contributed by atoms with Crippen LogP contribution in [-0.2, 0) is 31.4 Å². The third-order valence-electron chi connectivity index (χ3n) is 16.9. The molecule has 4 aliphatic heterocycles. The molecule has 4 fully saturated rings. The quantitative estimate of drug-likeness (QED) is 0.0700. The Kier molecular flexibility index (Phi) is 18.8. The molecule has 0 aromatic carbocycles. The maximum Gasteiger partial charge on any atom is 0.277 e. The van der Waals surface area contributed by atoms with Crippen LogP contribution < -0.4 is 75.6 Å². The molecular formula is C63H61BrCl3N21O9. The number of nitrogens with one attached hydrogen (secondary N) is 10. The van der Waals surface area contributed by atoms with Gasteiger partial charge in [-0.2, -0.15) is 0 Å². The maximum absolute atomic E-state index is 13.5. The Morgan fingerprint density at radius 1 is 0.536 bits per heavy atom. The minimum Gasteiger partial charge on any atom is -0.384 e. The number of rotatable bonds is 13. The summed E-state index contributed by atoms with van der Waals surface area (Å²) in [4.78, 5) is 140. The van der Waals surface area contributed by atoms with Crippen LogP contribution in [-0.4, -0.2) is 103 Å². The fraction of sp³-hybridized carbons (Fsp3) is 0.302. The van der Waals surface area contributed by atoms with Crippen molar-refractivity contribution in [2.75, 3.05) is 33.7 Å². The summed E-state index contributed by atoms with van der Waals surface area (Å²) >= 11 is 22.1. The van der Waals surface area contributed by atoms with Crippen LogP contribution in [0, 0.1) is 17.8 Å². The summed E-state index contributed by atoms with van der Waals surface area (Å²) in [5, 5.41) is 30.0. The molecule has 5 unspecified atom stereocenters. The molecule has 8 aromatic heterocycles. The Morgan fingerprint density at radius 3 is 1.41 bits per heavy atom. The number of nitrogens with zero attached hydrogens (tertiary/aromatic N) is 10. The zero-order valence-electron chi connectivity index (χ0n) is 51.7. The van der Waals surface area contributed by atoms with E-state index in [9.17, 15) is 43.2 Å². The molecule has 1 saturated heterocycles. The van der Waals surface area contributed by atoms with E-state index in [2.05, 4.69) is 104 Å². The first-order chi connectivity index (χ1) is 46.4. The van der Waals surface area contributed by atoms with Gasteiger partial charge < -0.3 is 48.3 Å². The fourth-order valence-corrected chi connectivity index (χ4v) is 12.7. The summed E-state index contributed by atoms with van der Waals surface area (Å²) < 4.78 is 4.36. The number of anilines is 6. The van der Waals surface area contributed by atoms with Crippen molar-refractivity contribution in [3.8, 4) is 0 Å². The topological polar surface area (TPSA) is 405 Å². The van der Waals surface area contributed by atoms with Crippen molar-refractivity contribution in [1.82, 2.24) is 80.5 Å². The van der Waals surface area contributed by atoms with Gasteiger partial charge in [-0.3, -0.25) is 82.4 Å². The minimum atomic E-state index is -1.17. The normalized spacial score (nSPS) is 21.5. The van der Waals surface area contributed by atoms with E-state index < -0.39 is 34.4 Å². The molecule has 7 aliphatic rings. The molecule has 12 heterocycles. The van der Waals surface area contributed by atoms with Gasteiger partial charge in [0, 0.05) is 96.8 Å². The van der Waals surface area contributed by atoms with Gasteiger partial charge in [0.05, 0.1) is 31.9 Å². The molecule has 0 radical (unpaired) electrons. The van der Waals surface area contributed by atoms with Crippen LogP contribution in [0.25, 0.3) is 0 Å². The van der Waals surface area contributed by atoms with Crippen LogP contribution in [0.15, 0.2) is 135 Å². The van der Waals surface area contributed by atoms with Crippen molar-refractivity contribution in [1.29, 1.82) is 0 Å². The summed E-state index contributed by atoms with van der Waals surface area (Å²) in [5.41, 5.74) is 3.62. The standard InChI is InChI=1S/C21H24ClN7O3.C21H18ClN7O3.C13H9BrClN3O2.C8H10N4O/c2*1-21(12-3-2-6-23-9-12)28-19(31)17-13(22)7-14(20(32)29(17)21)26-15-8-16(25-10-24-15)27-18(30)11-4-5-11;1-13(7-3-2-4-16-6-7)17-11(19)10-9(15)5-8(14)12(20)18(10)13;9-6-3-7(11-4-10-6)12-8(13)5-1-2-5/h2-3,6-7,9,11,15-16,24-26H,4-5,8,10H2,1H3,(H,27,30)(H,28,31);2-3,6-11H,4-5H2,1H3,(H,28,31)(H2,24,25,26,27,30);2-6H,1H3,(H,17,19);3-5H,1-2H2,(H3,9,10,11,12,13). The third-order valence-corrected chi connectivity index (χ3v) is 18.4. The molecule has 6 amide bonds. The van der Waals surface area contributed by atoms with E-state index in [1.54, 1.807) is 100 Å². The van der Waals surface area contributed by atoms with Gasteiger partial charge in [-0.05, 0) is 112 Å². The number of amides is 6. The fourth-order valence-electron chi connectivity index (χ4n) is 11.4. The molecule has 3 aliphatic carbocycles. The Balaban J connectivity index is 0.000000130. The predicted octanol–water partition coefficient (Wildman–Crippen LogP) is 5.27. The summed E-state index contributed by atoms with van der Waals surface area (Å²) in [5.74, 6) is 0.498. The van der Waals surface area contributed by atoms with E-state index in [1.807, 2.05) is 0 Å². The lowest BCUT2D eigenvalue weighted by molar-refractivity contribution is -0.123. The number of pyridine rings is 6. The van der Waals surface area contributed by atoms with E-state index in [-0.39, 0.29) is 108 Å². The van der Waals surface area contributed by atoms with Crippen molar-refractivity contribution in [2.45, 2.75) is 95.0 Å². The van der Waals surface area contributed by atoms with E-state index in [1.165, 1.54) is 50.6 Å². The van der Waals surface area contributed by atoms with Gasteiger partial charge in [0.15, 0.2) is 0 Å². The lowest BCUT2D eigenvalue weighted by atomic mass is 10.0. The molecule has 97 heavy (non-hydrogen) atoms. The summed E-state index contributed by atoms with van der Waals surface area (Å²) in [7, 11) is 0. The lowest BCUT2D eigenvalue weighted by Crippen LogP contribution is -2.60. The second-order valence-corrected chi connectivity index (χ2v) is 26.1. The molecule has 12 N–H and O–H groups in total. The SMILES string of the molecule is CC1(c2cccnc2)NC(=O)c2c(Cl)cc(Br)c(=O)n21.CC1(c2cccnc2)NC(=O)c2c(Cl)cc(NC3CC(NC(=O)C4CC4)NCN3)c(=O)n21.CC1(c2cccnc2)NC(=O)c2c(Cl)cc(Nc3cc(NC(=O)C4CC4)ncn3)c(=O)n21.Nc1cc(NC(=O)C2CC2)ncn1. The molecule has 34 heteroatoms. The van der Waals surface area contributed by atoms with Crippen LogP contribution in [0.4, 0.5) is 34.6 Å². The maximum atomic E-state index is 13.5. The second kappa shape index (κ2) is 27.2. The number of hydrogen-bond acceptors (Lipinski definition) is 21. The average Bonchev–Trinajstić information content (AvgIpc) is 1.61. The molecule has 0 bridgehead atoms. The first kappa shape index (κ1) is 67.0. The van der Waals surface area contributed by atoms with Crippen LogP contribution in [0.5, 0.6) is 0 Å². The summed E-state index contributed by atoms with van der Waals surface area (Å²) in [6.45, 7) is 5.64. The lowest BCUT2D eigenvalue weighted by Gasteiger charge is -2.33. The average molecular weight is 1440 g/mol. The highest BCUT2D eigenvalue weighted by Gasteiger charge is 2.46. The van der Waals surface area contributed by atoms with Gasteiger partial charge in [-0.15, -0.1) is 0 Å². The minimum absolute atomic E-state index is 0.0247. The van der Waals surface area contributed by atoms with Gasteiger partial charge in [-0.1, -0.05) is 53.0 Å². The number of nitrogens with two attached hydrogens (primary N) is 1. The number of fused-ring (bicyclic) bond motifs is 3. The Labute approximate surface area is 574 Å². The van der Waals surface area contributed by atoms with Gasteiger partial charge in [-0.25, -0.2) is 19.9 Å². The third kappa shape index (κ3) is 14.0. The van der Waals surface area contributed by atoms with Crippen LogP contribution >= 0.6 is 50.7 Å². The van der Waals surface area contributed by atoms with Crippen molar-refractivity contribution in [3.63, 3.8) is 0 Å². The molecule has 5 atom stereocenters. The molecular weight excluding hydrogens is 1380 g/mol. The van der Waals surface area contributed by atoms with Crippen LogP contribution in [0.2, 0.25) is 15.1 Å². The molecule has 500 valence electrons. The van der Waals surface area contributed by atoms with Crippen molar-refractivity contribution >= 4 is 121 Å². The number of halogens is 4. The molecule has 0 spiro atoms. The largest absolute Gasteiger partial charge is 0.384 e. The summed E-state index contributed by atoms with van der Waals surface area (Å²) in [6, 6.07) is 17.9. The Hall–Kier alpha value is -10.0. The number of carbonyl (C=O) groups excluding carboxylic acids is 6. The first-order valence-corrected chi connectivity index (χ1v) is 32.4. The highest BCUT2D eigenvalue weighted by Crippen LogP contribution is 2.37. The Bertz CT molecular complexity index is 4660. The Morgan fingerprint density at radius 2 is 0.948 bits per heavy atom. The highest BCUT2D eigenvalue weighted by atomic mass is 79.9. The van der Waals surface area contributed by atoms with E-state index in [4.69, 9.17) is 40.5 Å². The van der Waals surface area contributed by atoms with Gasteiger partial charge >= 0.3 is 0 Å². The monoisotopic (exact) mass is 1440 g/mol. The van der Waals surface area contributed by atoms with Crippen molar-refractivity contribution in [2.24, 2.45) is 17.8 Å². The van der Waals surface area contributed by atoms with Gasteiger partial charge in [0.1, 0.15) is 81.4 Å². The van der Waals surface area contributed by atoms with Crippen molar-refractivity contribution in [3.05, 3.63) is 201 Å². The van der Waals surface area contributed by atoms with Crippen molar-refractivity contribution < 1.29 is 28.8 Å². The number of carbonyl (C=O) groups is 6. The van der Waals surface area contributed by atoms with E-state index >= 15 is 0 Å². The smallest absolute Gasteiger partial charge is 0.277 e. The zero-order valence-corrected chi connectivity index (χ0v) is 55.6. The van der Waals surface area contributed by atoms with E-state index in [0.717, 1.165) is 38.5 Å². The predicted molar refractivity (Wildman–Crippen MR) is 360 cm³/mol. The van der Waals surface area contributed by atoms with Crippen LogP contribution in [0.1, 0.15) is 114 Å².